The Labute approximate surface area is 113 Å². The maximum Gasteiger partial charge on any atom is 0.331 e. The molecule has 0 aromatic rings. The quantitative estimate of drug-likeness (QED) is 0.823. The van der Waals surface area contributed by atoms with Crippen molar-refractivity contribution in [2.75, 3.05) is 0 Å². The van der Waals surface area contributed by atoms with Gasteiger partial charge in [-0.25, -0.2) is 4.79 Å². The Kier molecular flexibility index (Phi) is 3.03. The van der Waals surface area contributed by atoms with E-state index >= 15 is 0 Å². The molecule has 2 rings (SSSR count). The highest BCUT2D eigenvalue weighted by molar-refractivity contribution is 5.89. The maximum atomic E-state index is 11.5. The number of hydrogen-bond donors (Lipinski definition) is 2. The van der Waals surface area contributed by atoms with Crippen LogP contribution in [0.1, 0.15) is 40.5 Å². The molecule has 0 aliphatic heterocycles. The average Bonchev–Trinajstić information content (AvgIpc) is 2.86. The molecule has 0 aromatic carbocycles. The molecule has 0 heterocycles. The molecule has 2 N–H and O–H groups in total. The zero-order valence-electron chi connectivity index (χ0n) is 11.9. The van der Waals surface area contributed by atoms with Gasteiger partial charge in [-0.3, -0.25) is 4.79 Å². The third-order valence-electron chi connectivity index (χ3n) is 5.52. The van der Waals surface area contributed by atoms with E-state index in [4.69, 9.17) is 0 Å². The summed E-state index contributed by atoms with van der Waals surface area (Å²) in [5.41, 5.74) is -0.467. The SMILES string of the molecule is C[C@@H]1CCC=C(C(=O)O)[C@@]1(C)[C@H]1[C@@H](C(=O)O)C1(C)C. The van der Waals surface area contributed by atoms with Crippen molar-refractivity contribution >= 4 is 11.9 Å². The fourth-order valence-corrected chi connectivity index (χ4v) is 4.27. The average molecular weight is 266 g/mol. The lowest BCUT2D eigenvalue weighted by molar-refractivity contribution is -0.140. The van der Waals surface area contributed by atoms with Crippen LogP contribution >= 0.6 is 0 Å². The van der Waals surface area contributed by atoms with Crippen molar-refractivity contribution in [1.82, 2.24) is 0 Å². The maximum absolute atomic E-state index is 11.5. The van der Waals surface area contributed by atoms with Crippen LogP contribution in [0.4, 0.5) is 0 Å². The normalized spacial score (nSPS) is 40.4. The second-order valence-electron chi connectivity index (χ2n) is 6.80. The highest BCUT2D eigenvalue weighted by Gasteiger charge is 2.70. The van der Waals surface area contributed by atoms with Crippen molar-refractivity contribution in [2.24, 2.45) is 28.6 Å². The summed E-state index contributed by atoms with van der Waals surface area (Å²) in [6, 6.07) is 0. The Hall–Kier alpha value is -1.32. The van der Waals surface area contributed by atoms with Crippen molar-refractivity contribution in [3.05, 3.63) is 11.6 Å². The summed E-state index contributed by atoms with van der Waals surface area (Å²) in [5, 5.41) is 18.8. The Balaban J connectivity index is 2.46. The van der Waals surface area contributed by atoms with Crippen molar-refractivity contribution in [2.45, 2.75) is 40.5 Å². The number of aliphatic carboxylic acids is 2. The van der Waals surface area contributed by atoms with Gasteiger partial charge in [0, 0.05) is 11.0 Å². The molecular weight excluding hydrogens is 244 g/mol. The molecular formula is C15H22O4. The van der Waals surface area contributed by atoms with Crippen LogP contribution in [0.25, 0.3) is 0 Å². The molecule has 0 radical (unpaired) electrons. The monoisotopic (exact) mass is 266 g/mol. The van der Waals surface area contributed by atoms with Gasteiger partial charge in [0.2, 0.25) is 0 Å². The Morgan fingerprint density at radius 2 is 1.84 bits per heavy atom. The van der Waals surface area contributed by atoms with Crippen LogP contribution < -0.4 is 0 Å². The standard InChI is InChI=1S/C15H22O4/c1-8-6-5-7-9(12(16)17)15(8,4)11-10(13(18)19)14(11,2)3/h7-8,10-11H,5-6H2,1-4H3,(H,16,17)(H,18,19)/t8-,10+,11+,15+/m1/s1. The highest BCUT2D eigenvalue weighted by atomic mass is 16.4. The first-order chi connectivity index (χ1) is 8.65. The lowest BCUT2D eigenvalue weighted by Crippen LogP contribution is -2.38. The van der Waals surface area contributed by atoms with Gasteiger partial charge in [0.05, 0.1) is 5.92 Å². The zero-order chi connectivity index (χ0) is 14.6. The predicted octanol–water partition coefficient (Wildman–Crippen LogP) is 2.79. The molecule has 2 aliphatic carbocycles. The summed E-state index contributed by atoms with van der Waals surface area (Å²) >= 11 is 0. The molecule has 0 amide bonds. The summed E-state index contributed by atoms with van der Waals surface area (Å²) in [6.45, 7) is 7.85. The van der Waals surface area contributed by atoms with Gasteiger partial charge in [-0.15, -0.1) is 0 Å². The molecule has 1 fully saturated rings. The molecule has 4 atom stereocenters. The van der Waals surface area contributed by atoms with E-state index in [1.165, 1.54) is 0 Å². The van der Waals surface area contributed by atoms with Crippen molar-refractivity contribution in [1.29, 1.82) is 0 Å². The number of allylic oxidation sites excluding steroid dienone is 1. The van der Waals surface area contributed by atoms with Crippen LogP contribution in [0.3, 0.4) is 0 Å². The molecule has 1 saturated carbocycles. The first kappa shape index (κ1) is 14.1. The largest absolute Gasteiger partial charge is 0.481 e. The summed E-state index contributed by atoms with van der Waals surface area (Å²) in [6.07, 6.45) is 3.48. The molecule has 4 heteroatoms. The van der Waals surface area contributed by atoms with E-state index in [0.717, 1.165) is 12.8 Å². The summed E-state index contributed by atoms with van der Waals surface area (Å²) < 4.78 is 0. The fraction of sp³-hybridized carbons (Fsp3) is 0.733. The van der Waals surface area contributed by atoms with E-state index in [9.17, 15) is 19.8 Å². The van der Waals surface area contributed by atoms with Crippen molar-refractivity contribution < 1.29 is 19.8 Å². The Bertz CT molecular complexity index is 463. The molecule has 2 aliphatic rings. The molecule has 0 spiro atoms. The molecule has 106 valence electrons. The van der Waals surface area contributed by atoms with E-state index in [2.05, 4.69) is 0 Å². The zero-order valence-corrected chi connectivity index (χ0v) is 11.9. The van der Waals surface area contributed by atoms with E-state index in [0.29, 0.717) is 5.57 Å². The first-order valence-electron chi connectivity index (χ1n) is 6.81. The van der Waals surface area contributed by atoms with Gasteiger partial charge >= 0.3 is 11.9 Å². The van der Waals surface area contributed by atoms with E-state index in [1.54, 1.807) is 6.08 Å². The van der Waals surface area contributed by atoms with Gasteiger partial charge in [0.1, 0.15) is 0 Å². The second kappa shape index (κ2) is 4.09. The number of hydrogen-bond acceptors (Lipinski definition) is 2. The third kappa shape index (κ3) is 1.80. The van der Waals surface area contributed by atoms with Crippen LogP contribution in [-0.2, 0) is 9.59 Å². The van der Waals surface area contributed by atoms with E-state index in [1.807, 2.05) is 27.7 Å². The van der Waals surface area contributed by atoms with Gasteiger partial charge in [-0.05, 0) is 30.1 Å². The Morgan fingerprint density at radius 3 is 2.26 bits per heavy atom. The molecule has 0 aromatic heterocycles. The minimum Gasteiger partial charge on any atom is -0.481 e. The van der Waals surface area contributed by atoms with Gasteiger partial charge in [-0.2, -0.15) is 0 Å². The molecule has 0 saturated heterocycles. The minimum absolute atomic E-state index is 0.102. The summed E-state index contributed by atoms with van der Waals surface area (Å²) in [7, 11) is 0. The van der Waals surface area contributed by atoms with Gasteiger partial charge in [0.25, 0.3) is 0 Å². The third-order valence-corrected chi connectivity index (χ3v) is 5.52. The van der Waals surface area contributed by atoms with Crippen LogP contribution in [0.5, 0.6) is 0 Å². The van der Waals surface area contributed by atoms with Crippen molar-refractivity contribution in [3.63, 3.8) is 0 Å². The van der Waals surface area contributed by atoms with Crippen LogP contribution in [0.2, 0.25) is 0 Å². The molecule has 0 unspecified atom stereocenters. The first-order valence-corrected chi connectivity index (χ1v) is 6.81. The van der Waals surface area contributed by atoms with Crippen molar-refractivity contribution in [3.8, 4) is 0 Å². The topological polar surface area (TPSA) is 74.6 Å². The molecule has 0 bridgehead atoms. The van der Waals surface area contributed by atoms with Gasteiger partial charge in [-0.1, -0.05) is 33.8 Å². The minimum atomic E-state index is -0.902. The number of carbonyl (C=O) groups is 2. The van der Waals surface area contributed by atoms with Crippen LogP contribution in [0, 0.1) is 28.6 Å². The Morgan fingerprint density at radius 1 is 1.26 bits per heavy atom. The number of carboxylic acid groups (broad SMARTS) is 2. The second-order valence-corrected chi connectivity index (χ2v) is 6.80. The lowest BCUT2D eigenvalue weighted by Gasteiger charge is -2.41. The number of carboxylic acids is 2. The molecule has 19 heavy (non-hydrogen) atoms. The predicted molar refractivity (Wildman–Crippen MR) is 70.6 cm³/mol. The highest BCUT2D eigenvalue weighted by Crippen LogP contribution is 2.70. The smallest absolute Gasteiger partial charge is 0.331 e. The number of rotatable bonds is 3. The lowest BCUT2D eigenvalue weighted by atomic mass is 9.62. The van der Waals surface area contributed by atoms with Gasteiger partial charge in [0.15, 0.2) is 0 Å². The fourth-order valence-electron chi connectivity index (χ4n) is 4.27. The summed E-state index contributed by atoms with van der Waals surface area (Å²) in [4.78, 5) is 22.9. The van der Waals surface area contributed by atoms with E-state index in [-0.39, 0.29) is 17.3 Å². The van der Waals surface area contributed by atoms with Crippen LogP contribution in [-0.4, -0.2) is 22.2 Å². The summed E-state index contributed by atoms with van der Waals surface area (Å²) in [5.74, 6) is -2.06. The molecule has 4 nitrogen and oxygen atoms in total. The van der Waals surface area contributed by atoms with Gasteiger partial charge < -0.3 is 10.2 Å². The van der Waals surface area contributed by atoms with Crippen LogP contribution in [0.15, 0.2) is 11.6 Å². The van der Waals surface area contributed by atoms with E-state index < -0.39 is 23.3 Å².